The van der Waals surface area contributed by atoms with Crippen LogP contribution in [0.15, 0.2) is 45.6 Å². The van der Waals surface area contributed by atoms with Crippen LogP contribution in [0.2, 0.25) is 0 Å². The van der Waals surface area contributed by atoms with Crippen LogP contribution in [-0.2, 0) is 10.4 Å². The predicted molar refractivity (Wildman–Crippen MR) is 95.3 cm³/mol. The molecule has 0 saturated heterocycles. The van der Waals surface area contributed by atoms with Crippen molar-refractivity contribution < 1.29 is 21.6 Å². The topological polar surface area (TPSA) is 120 Å². The van der Waals surface area contributed by atoms with E-state index in [2.05, 4.69) is 4.18 Å². The van der Waals surface area contributed by atoms with Crippen molar-refractivity contribution in [2.24, 2.45) is 0 Å². The Morgan fingerprint density at radius 3 is 2.36 bits per heavy atom. The van der Waals surface area contributed by atoms with Gasteiger partial charge in [0.2, 0.25) is 0 Å². The van der Waals surface area contributed by atoms with Crippen LogP contribution in [-0.4, -0.2) is 111 Å². The van der Waals surface area contributed by atoms with E-state index in [0.29, 0.717) is 60.2 Å². The molecule has 10 heteroatoms. The summed E-state index contributed by atoms with van der Waals surface area (Å²) in [4.78, 5) is 12.9. The molecule has 0 amide bonds. The van der Waals surface area contributed by atoms with Gasteiger partial charge in [-0.1, -0.05) is 0 Å². The maximum absolute atomic E-state index is 12.9. The van der Waals surface area contributed by atoms with Crippen molar-refractivity contribution in [3.8, 4) is 17.1 Å². The fraction of sp³-hybridized carbons (Fsp3) is 0. The number of rotatable bonds is 3. The number of anilines is 1. The van der Waals surface area contributed by atoms with E-state index < -0.39 is 21.8 Å². The summed E-state index contributed by atoms with van der Waals surface area (Å²) < 4.78 is 43.4. The fourth-order valence-electron chi connectivity index (χ4n) is 2.46. The summed E-state index contributed by atoms with van der Waals surface area (Å²) >= 11 is 0.694. The van der Waals surface area contributed by atoms with Crippen molar-refractivity contribution in [1.29, 1.82) is 0 Å². The molecule has 7 nitrogen and oxygen atoms in total. The minimum absolute atomic E-state index is 0.0811. The van der Waals surface area contributed by atoms with E-state index in [9.17, 15) is 13.2 Å². The van der Waals surface area contributed by atoms with Gasteiger partial charge in [-0.3, -0.25) is 0 Å². The van der Waals surface area contributed by atoms with E-state index in [0.717, 1.165) is -0.684 Å². The molecule has 2 aromatic carbocycles. The summed E-state index contributed by atoms with van der Waals surface area (Å²) in [5, 5.41) is 0.224. The number of nitrogen functional groups attached to an aromatic ring is 1. The van der Waals surface area contributed by atoms with E-state index in [1.165, 1.54) is 6.07 Å². The van der Waals surface area contributed by atoms with Crippen molar-refractivity contribution in [2.45, 2.75) is 0 Å². The standard InChI is InChI=1S/C15H9NO6S.2K/c16-10-6-7-12-11(8-10)14(17)13(9-4-2-1-3-5-9)15(21-12)22-23(18,19)20;;/h2-5,7-8H,16H2,(H,18,19,20);;. The average Bonchev–Trinajstić information content (AvgIpc) is 2.50. The molecule has 0 fully saturated rings. The van der Waals surface area contributed by atoms with Gasteiger partial charge in [0.05, 0.1) is 0 Å². The summed E-state index contributed by atoms with van der Waals surface area (Å²) in [7, 11) is -4.86. The van der Waals surface area contributed by atoms with Gasteiger partial charge in [-0.05, 0) is 0 Å². The van der Waals surface area contributed by atoms with Crippen LogP contribution in [0.25, 0.3) is 22.1 Å². The van der Waals surface area contributed by atoms with Gasteiger partial charge in [-0.2, -0.15) is 0 Å². The molecule has 0 bridgehead atoms. The molecule has 0 aliphatic rings. The zero-order valence-electron chi connectivity index (χ0n) is 13.4. The third-order valence-electron chi connectivity index (χ3n) is 3.77. The predicted octanol–water partition coefficient (Wildman–Crippen LogP) is -0.189. The Bertz CT molecular complexity index is 1140. The fourth-order valence-corrected chi connectivity index (χ4v) is 3.93. The van der Waals surface area contributed by atoms with Gasteiger partial charge in [-0.15, -0.1) is 0 Å². The van der Waals surface area contributed by atoms with Gasteiger partial charge in [0.15, 0.2) is 0 Å². The Kier molecular flexibility index (Phi) is 6.31. The molecule has 3 aromatic rings. The molecular formula is C15H9K2NO6S. The molecular weight excluding hydrogens is 400 g/mol. The van der Waals surface area contributed by atoms with Crippen LogP contribution in [0, 0.1) is 0 Å². The Labute approximate surface area is 211 Å². The van der Waals surface area contributed by atoms with Gasteiger partial charge in [0.1, 0.15) is 0 Å². The normalized spacial score (nSPS) is 11.7. The van der Waals surface area contributed by atoms with Crippen molar-refractivity contribution >= 4 is 124 Å². The van der Waals surface area contributed by atoms with E-state index in [4.69, 9.17) is 14.7 Å². The number of hydrogen-bond acceptors (Lipinski definition) is 6. The Morgan fingerprint density at radius 1 is 1.12 bits per heavy atom. The number of fused-ring (bicyclic) bond motifs is 1. The molecule has 1 heterocycles. The molecule has 0 unspecified atom stereocenters. The van der Waals surface area contributed by atoms with Crippen LogP contribution in [0.1, 0.15) is 0 Å². The second-order valence-electron chi connectivity index (χ2n) is 5.68. The Hall–Kier alpha value is 0.433. The molecule has 118 valence electrons. The molecule has 0 saturated carbocycles. The molecule has 25 heavy (non-hydrogen) atoms. The van der Waals surface area contributed by atoms with Gasteiger partial charge in [0, 0.05) is 0 Å². The summed E-state index contributed by atoms with van der Waals surface area (Å²) in [6, 6.07) is 10.2. The van der Waals surface area contributed by atoms with Crippen LogP contribution in [0.4, 0.5) is 5.69 Å². The minimum atomic E-state index is -4.86. The monoisotopic (exact) mass is 409 g/mol. The van der Waals surface area contributed by atoms with Gasteiger partial charge in [0.25, 0.3) is 0 Å². The first-order chi connectivity index (χ1) is 11.7. The first-order valence-electron chi connectivity index (χ1n) is 7.26. The van der Waals surface area contributed by atoms with Crippen LogP contribution in [0.5, 0.6) is 5.95 Å². The molecule has 0 spiro atoms. The molecule has 0 atom stereocenters. The summed E-state index contributed by atoms with van der Waals surface area (Å²) in [6.45, 7) is 0. The number of hydrogen-bond donors (Lipinski definition) is 2. The second-order valence-corrected chi connectivity index (χ2v) is 10.2. The summed E-state index contributed by atoms with van der Waals surface area (Å²) in [5.41, 5.74) is 6.43. The maximum atomic E-state index is 12.9. The van der Waals surface area contributed by atoms with Crippen LogP contribution < -0.4 is 14.7 Å². The van der Waals surface area contributed by atoms with E-state index >= 15 is 0 Å². The van der Waals surface area contributed by atoms with Crippen molar-refractivity contribution in [2.75, 3.05) is 5.73 Å². The van der Waals surface area contributed by atoms with Gasteiger partial charge >= 0.3 is 215 Å². The zero-order chi connectivity index (χ0) is 18.4. The van der Waals surface area contributed by atoms with E-state index in [-0.39, 0.29) is 65.5 Å². The second kappa shape index (κ2) is 7.82. The zero-order valence-corrected chi connectivity index (χ0v) is 20.5. The van der Waals surface area contributed by atoms with Gasteiger partial charge < -0.3 is 0 Å². The number of benzene rings is 2. The molecule has 3 N–H and O–H groups in total. The SMILES string of the molecule is Nc1cc2c(=O)c(-c3cc[c]([K])cc3)c(OS(=O)(=O)O)oc2c[c]1[K]. The molecule has 0 radical (unpaired) electrons. The van der Waals surface area contributed by atoms with Crippen LogP contribution in [0.3, 0.4) is 0 Å². The summed E-state index contributed by atoms with van der Waals surface area (Å²) in [6.07, 6.45) is 0. The third-order valence-corrected chi connectivity index (χ3v) is 6.52. The average molecular weight is 410 g/mol. The molecule has 1 aromatic heterocycles. The van der Waals surface area contributed by atoms with E-state index in [1.54, 1.807) is 18.2 Å². The number of nitrogens with two attached hydrogens (primary N) is 1. The quantitative estimate of drug-likeness (QED) is 0.350. The first-order valence-corrected chi connectivity index (χ1v) is 11.8. The van der Waals surface area contributed by atoms with Gasteiger partial charge in [-0.25, -0.2) is 0 Å². The van der Waals surface area contributed by atoms with Crippen molar-refractivity contribution in [3.05, 3.63) is 46.6 Å². The summed E-state index contributed by atoms with van der Waals surface area (Å²) in [5.74, 6) is -0.568. The molecule has 3 rings (SSSR count). The van der Waals surface area contributed by atoms with E-state index in [1.807, 2.05) is 12.1 Å². The van der Waals surface area contributed by atoms with Crippen LogP contribution >= 0.6 is 0 Å². The van der Waals surface area contributed by atoms with Crippen molar-refractivity contribution in [3.63, 3.8) is 0 Å². The first kappa shape index (κ1) is 20.2. The van der Waals surface area contributed by atoms with Crippen molar-refractivity contribution in [1.82, 2.24) is 0 Å². The Balaban J connectivity index is 2.40. The molecule has 0 aliphatic heterocycles. The third kappa shape index (κ3) is 4.65. The Morgan fingerprint density at radius 2 is 1.76 bits per heavy atom. The molecule has 0 aliphatic carbocycles.